The molecule has 12 heteroatoms. The number of hydrogen-bond acceptors (Lipinski definition) is 4. The second-order valence-electron chi connectivity index (χ2n) is 6.64. The van der Waals surface area contributed by atoms with Crippen molar-refractivity contribution in [2.45, 2.75) is 12.7 Å². The van der Waals surface area contributed by atoms with Crippen molar-refractivity contribution in [3.05, 3.63) is 70.5 Å². The van der Waals surface area contributed by atoms with E-state index in [4.69, 9.17) is 11.6 Å². The smallest absolute Gasteiger partial charge is 0.359 e. The first-order valence-electron chi connectivity index (χ1n) is 8.68. The van der Waals surface area contributed by atoms with E-state index in [1.165, 1.54) is 30.5 Å². The number of H-pyrrole nitrogens is 1. The minimum Gasteiger partial charge on any atom is -0.359 e. The maximum atomic E-state index is 12.6. The van der Waals surface area contributed by atoms with Gasteiger partial charge < -0.3 is 10.3 Å². The molecular weight excluding hydrogens is 457 g/mol. The largest absolute Gasteiger partial charge is 0.417 e. The molecule has 7 nitrogen and oxygen atoms in total. The first-order valence-corrected chi connectivity index (χ1v) is 11.0. The third-order valence-corrected chi connectivity index (χ3v) is 4.85. The van der Waals surface area contributed by atoms with Crippen molar-refractivity contribution in [2.75, 3.05) is 11.0 Å². The molecule has 2 heterocycles. The van der Waals surface area contributed by atoms with E-state index >= 15 is 0 Å². The fourth-order valence-electron chi connectivity index (χ4n) is 2.70. The normalized spacial score (nSPS) is 11.9. The second-order valence-corrected chi connectivity index (χ2v) is 8.82. The summed E-state index contributed by atoms with van der Waals surface area (Å²) in [6.07, 6.45) is -1.36. The van der Waals surface area contributed by atoms with Crippen LogP contribution in [0.4, 0.5) is 18.9 Å². The highest BCUT2D eigenvalue weighted by Gasteiger charge is 2.30. The van der Waals surface area contributed by atoms with Crippen LogP contribution in [0.15, 0.2) is 48.8 Å². The number of aromatic amines is 1. The van der Waals surface area contributed by atoms with Crippen LogP contribution in [0.25, 0.3) is 11.4 Å². The average molecular weight is 473 g/mol. The summed E-state index contributed by atoms with van der Waals surface area (Å²) in [7, 11) is -3.49. The molecule has 2 aromatic heterocycles. The zero-order valence-electron chi connectivity index (χ0n) is 15.9. The van der Waals surface area contributed by atoms with Gasteiger partial charge in [-0.1, -0.05) is 11.6 Å². The van der Waals surface area contributed by atoms with Crippen LogP contribution in [0, 0.1) is 0 Å². The number of nitrogens with one attached hydrogen (secondary N) is 3. The van der Waals surface area contributed by atoms with Gasteiger partial charge >= 0.3 is 6.18 Å². The highest BCUT2D eigenvalue weighted by Crippen LogP contribution is 2.29. The van der Waals surface area contributed by atoms with Gasteiger partial charge in [0.1, 0.15) is 0 Å². The Morgan fingerprint density at radius 1 is 1.19 bits per heavy atom. The Bertz CT molecular complexity index is 1210. The summed E-state index contributed by atoms with van der Waals surface area (Å²) in [5, 5.41) is 2.95. The number of carbonyl (C=O) groups excluding carboxylic acids is 1. The first kappa shape index (κ1) is 22.6. The molecule has 0 aliphatic carbocycles. The number of nitrogens with zero attached hydrogens (tertiary/aromatic N) is 1. The van der Waals surface area contributed by atoms with E-state index in [0.29, 0.717) is 11.3 Å². The van der Waals surface area contributed by atoms with Crippen molar-refractivity contribution in [2.24, 2.45) is 0 Å². The molecule has 0 spiro atoms. The third kappa shape index (κ3) is 6.22. The number of alkyl halides is 3. The quantitative estimate of drug-likeness (QED) is 0.503. The van der Waals surface area contributed by atoms with Gasteiger partial charge in [-0.2, -0.15) is 13.2 Å². The van der Waals surface area contributed by atoms with Crippen LogP contribution in [0.5, 0.6) is 0 Å². The lowest BCUT2D eigenvalue weighted by molar-refractivity contribution is -0.137. The molecule has 0 fully saturated rings. The fourth-order valence-corrected chi connectivity index (χ4v) is 3.51. The number of carbonyl (C=O) groups is 1. The molecule has 0 unspecified atom stereocenters. The maximum absolute atomic E-state index is 12.6. The van der Waals surface area contributed by atoms with Crippen LogP contribution in [-0.4, -0.2) is 30.5 Å². The molecule has 3 aromatic rings. The number of aromatic nitrogens is 2. The van der Waals surface area contributed by atoms with Crippen LogP contribution in [0.2, 0.25) is 5.02 Å². The van der Waals surface area contributed by atoms with Crippen molar-refractivity contribution in [1.29, 1.82) is 0 Å². The van der Waals surface area contributed by atoms with Crippen molar-refractivity contribution in [3.8, 4) is 11.4 Å². The van der Waals surface area contributed by atoms with E-state index in [2.05, 4.69) is 20.0 Å². The molecule has 164 valence electrons. The fraction of sp³-hybridized carbons (Fsp3) is 0.158. The van der Waals surface area contributed by atoms with Crippen molar-refractivity contribution < 1.29 is 26.4 Å². The standard InChI is InChI=1S/C19H16ClF3N4O3S/c1-31(29,30)27-15-5-11(4-14(20)7-15)8-26-18(28)12-6-17(24-9-12)16-3-2-13(10-25-16)19(21,22)23/h2-7,9-10,24,27H,8H2,1H3,(H,26,28). The predicted molar refractivity (Wildman–Crippen MR) is 110 cm³/mol. The summed E-state index contributed by atoms with van der Waals surface area (Å²) >= 11 is 5.99. The van der Waals surface area contributed by atoms with Crippen LogP contribution in [0.3, 0.4) is 0 Å². The molecule has 1 amide bonds. The van der Waals surface area contributed by atoms with Crippen molar-refractivity contribution >= 4 is 33.2 Å². The lowest BCUT2D eigenvalue weighted by atomic mass is 10.2. The van der Waals surface area contributed by atoms with Gasteiger partial charge in [-0.25, -0.2) is 8.42 Å². The lowest BCUT2D eigenvalue weighted by Crippen LogP contribution is -2.22. The first-order chi connectivity index (χ1) is 14.4. The molecule has 0 bridgehead atoms. The predicted octanol–water partition coefficient (Wildman–Crippen LogP) is 4.05. The Morgan fingerprint density at radius 2 is 1.94 bits per heavy atom. The van der Waals surface area contributed by atoms with E-state index in [0.717, 1.165) is 18.5 Å². The molecule has 3 rings (SSSR count). The third-order valence-electron chi connectivity index (χ3n) is 4.03. The van der Waals surface area contributed by atoms with E-state index < -0.39 is 27.7 Å². The number of hydrogen-bond donors (Lipinski definition) is 3. The number of halogens is 4. The van der Waals surface area contributed by atoms with Gasteiger partial charge in [0.05, 0.1) is 34.5 Å². The Balaban J connectivity index is 1.68. The molecule has 3 N–H and O–H groups in total. The summed E-state index contributed by atoms with van der Waals surface area (Å²) in [4.78, 5) is 19.0. The van der Waals surface area contributed by atoms with E-state index in [-0.39, 0.29) is 28.5 Å². The lowest BCUT2D eigenvalue weighted by Gasteiger charge is -2.09. The van der Waals surface area contributed by atoms with E-state index in [9.17, 15) is 26.4 Å². The monoisotopic (exact) mass is 472 g/mol. The van der Waals surface area contributed by atoms with Crippen LogP contribution in [0.1, 0.15) is 21.5 Å². The minimum absolute atomic E-state index is 0.0663. The molecule has 0 saturated heterocycles. The Morgan fingerprint density at radius 3 is 2.55 bits per heavy atom. The minimum atomic E-state index is -4.48. The zero-order valence-corrected chi connectivity index (χ0v) is 17.5. The van der Waals surface area contributed by atoms with Gasteiger partial charge in [0, 0.05) is 24.0 Å². The SMILES string of the molecule is CS(=O)(=O)Nc1cc(Cl)cc(CNC(=O)c2c[nH]c(-c3ccc(C(F)(F)F)cn3)c2)c1. The molecule has 0 atom stereocenters. The summed E-state index contributed by atoms with van der Waals surface area (Å²) in [6, 6.07) is 8.11. The van der Waals surface area contributed by atoms with Gasteiger partial charge in [0.2, 0.25) is 10.0 Å². The van der Waals surface area contributed by atoms with Crippen LogP contribution < -0.4 is 10.0 Å². The van der Waals surface area contributed by atoms with E-state index in [1.807, 2.05) is 0 Å². The molecule has 1 aromatic carbocycles. The maximum Gasteiger partial charge on any atom is 0.417 e. The molecule has 31 heavy (non-hydrogen) atoms. The summed E-state index contributed by atoms with van der Waals surface area (Å²) in [5.74, 6) is -0.452. The Labute approximate surface area is 180 Å². The summed E-state index contributed by atoms with van der Waals surface area (Å²) in [6.45, 7) is 0.0663. The number of amides is 1. The van der Waals surface area contributed by atoms with Gasteiger partial charge in [-0.05, 0) is 42.0 Å². The number of anilines is 1. The molecule has 0 saturated carbocycles. The Kier molecular flexibility index (Phi) is 6.27. The Hall–Kier alpha value is -3.05. The van der Waals surface area contributed by atoms with Gasteiger partial charge in [-0.3, -0.25) is 14.5 Å². The van der Waals surface area contributed by atoms with Crippen LogP contribution in [-0.2, 0) is 22.7 Å². The molecule has 0 aliphatic rings. The van der Waals surface area contributed by atoms with E-state index in [1.54, 1.807) is 6.07 Å². The van der Waals surface area contributed by atoms with Crippen molar-refractivity contribution in [3.63, 3.8) is 0 Å². The average Bonchev–Trinajstić information content (AvgIpc) is 3.14. The number of rotatable bonds is 6. The second kappa shape index (κ2) is 8.60. The number of sulfonamides is 1. The van der Waals surface area contributed by atoms with Gasteiger partial charge in [0.15, 0.2) is 0 Å². The molecule has 0 radical (unpaired) electrons. The van der Waals surface area contributed by atoms with Gasteiger partial charge in [0.25, 0.3) is 5.91 Å². The molecular formula is C19H16ClF3N4O3S. The van der Waals surface area contributed by atoms with Gasteiger partial charge in [-0.15, -0.1) is 0 Å². The summed E-state index contributed by atoms with van der Waals surface area (Å²) < 4.78 is 63.0. The number of benzene rings is 1. The topological polar surface area (TPSA) is 104 Å². The highest BCUT2D eigenvalue weighted by molar-refractivity contribution is 7.92. The highest BCUT2D eigenvalue weighted by atomic mass is 35.5. The van der Waals surface area contributed by atoms with Crippen LogP contribution >= 0.6 is 11.6 Å². The zero-order chi connectivity index (χ0) is 22.8. The van der Waals surface area contributed by atoms with Crippen molar-refractivity contribution in [1.82, 2.24) is 15.3 Å². The molecule has 0 aliphatic heterocycles. The number of pyridine rings is 1. The summed E-state index contributed by atoms with van der Waals surface area (Å²) in [5.41, 5.74) is 0.823.